The zero-order valence-corrected chi connectivity index (χ0v) is 18.0. The molecule has 0 bridgehead atoms. The smallest absolute Gasteiger partial charge is 0.325 e. The fraction of sp³-hybridized carbons (Fsp3) is 0.409. The van der Waals surface area contributed by atoms with Crippen LogP contribution < -0.4 is 10.6 Å². The van der Waals surface area contributed by atoms with E-state index in [1.807, 2.05) is 29.8 Å². The Kier molecular flexibility index (Phi) is 6.07. The molecule has 0 spiro atoms. The summed E-state index contributed by atoms with van der Waals surface area (Å²) in [5.74, 6) is -0.203. The molecule has 1 saturated heterocycles. The van der Waals surface area contributed by atoms with Crippen LogP contribution in [0.2, 0.25) is 0 Å². The molecule has 0 radical (unpaired) electrons. The van der Waals surface area contributed by atoms with Crippen molar-refractivity contribution in [3.8, 4) is 0 Å². The van der Waals surface area contributed by atoms with E-state index in [0.717, 1.165) is 22.4 Å². The van der Waals surface area contributed by atoms with Gasteiger partial charge in [-0.2, -0.15) is 11.3 Å². The highest BCUT2D eigenvalue weighted by molar-refractivity contribution is 7.08. The van der Waals surface area contributed by atoms with Crippen LogP contribution in [-0.4, -0.2) is 29.3 Å². The number of urea groups is 1. The minimum absolute atomic E-state index is 0.223. The van der Waals surface area contributed by atoms with Crippen LogP contribution in [0, 0.1) is 5.92 Å². The zero-order valence-electron chi connectivity index (χ0n) is 17.2. The van der Waals surface area contributed by atoms with Crippen molar-refractivity contribution in [2.75, 3.05) is 6.54 Å². The third-order valence-electron chi connectivity index (χ3n) is 5.18. The Morgan fingerprint density at radius 1 is 1.17 bits per heavy atom. The van der Waals surface area contributed by atoms with E-state index in [1.165, 1.54) is 16.9 Å². The minimum Gasteiger partial charge on any atom is -0.348 e. The van der Waals surface area contributed by atoms with Crippen molar-refractivity contribution in [2.45, 2.75) is 45.7 Å². The van der Waals surface area contributed by atoms with Crippen molar-refractivity contribution in [3.63, 3.8) is 0 Å². The highest BCUT2D eigenvalue weighted by Gasteiger charge is 2.49. The molecule has 2 aromatic rings. The number of rotatable bonds is 7. The van der Waals surface area contributed by atoms with Gasteiger partial charge in [-0.05, 0) is 59.7 Å². The van der Waals surface area contributed by atoms with Crippen molar-refractivity contribution in [2.24, 2.45) is 5.92 Å². The summed E-state index contributed by atoms with van der Waals surface area (Å²) in [6.45, 7) is 7.59. The fourth-order valence-corrected chi connectivity index (χ4v) is 4.28. The van der Waals surface area contributed by atoms with Crippen molar-refractivity contribution in [1.29, 1.82) is 0 Å². The van der Waals surface area contributed by atoms with Crippen LogP contribution in [0.15, 0.2) is 41.1 Å². The maximum absolute atomic E-state index is 12.8. The number of thiophene rings is 1. The molecule has 0 saturated carbocycles. The molecular weight excluding hydrogens is 386 g/mol. The number of carbonyl (C=O) groups is 3. The average Bonchev–Trinajstić information content (AvgIpc) is 3.26. The lowest BCUT2D eigenvalue weighted by Gasteiger charge is -2.21. The van der Waals surface area contributed by atoms with E-state index in [-0.39, 0.29) is 18.5 Å². The first-order valence-electron chi connectivity index (χ1n) is 9.75. The van der Waals surface area contributed by atoms with Crippen molar-refractivity contribution in [1.82, 2.24) is 15.5 Å². The predicted molar refractivity (Wildman–Crippen MR) is 113 cm³/mol. The molecule has 3 rings (SSSR count). The van der Waals surface area contributed by atoms with Gasteiger partial charge in [0.1, 0.15) is 12.1 Å². The first kappa shape index (κ1) is 21.0. The SMILES string of the molecule is CC(C)Cc1ccc(C(C)NC(=O)CN2C(=O)NC(C)(c3ccsc3)C2=O)cc1. The lowest BCUT2D eigenvalue weighted by Crippen LogP contribution is -2.43. The van der Waals surface area contributed by atoms with E-state index >= 15 is 0 Å². The molecule has 1 aromatic carbocycles. The molecule has 7 heteroatoms. The standard InChI is InChI=1S/C22H27N3O3S/c1-14(2)11-16-5-7-17(8-6-16)15(3)23-19(26)12-25-20(27)22(4,24-21(25)28)18-9-10-29-13-18/h5-10,13-15H,11-12H2,1-4H3,(H,23,26)(H,24,28). The Morgan fingerprint density at radius 2 is 1.86 bits per heavy atom. The molecule has 2 unspecified atom stereocenters. The summed E-state index contributed by atoms with van der Waals surface area (Å²) in [6.07, 6.45) is 1.01. The Labute approximate surface area is 175 Å². The second kappa shape index (κ2) is 8.37. The van der Waals surface area contributed by atoms with Crippen molar-refractivity contribution >= 4 is 29.2 Å². The molecule has 1 fully saturated rings. The lowest BCUT2D eigenvalue weighted by molar-refractivity contribution is -0.135. The molecule has 154 valence electrons. The molecule has 2 N–H and O–H groups in total. The second-order valence-corrected chi connectivity index (χ2v) is 8.87. The van der Waals surface area contributed by atoms with Crippen LogP contribution in [0.1, 0.15) is 50.4 Å². The van der Waals surface area contributed by atoms with Gasteiger partial charge in [0.25, 0.3) is 5.91 Å². The number of hydrogen-bond acceptors (Lipinski definition) is 4. The van der Waals surface area contributed by atoms with Crippen molar-refractivity contribution < 1.29 is 14.4 Å². The highest BCUT2D eigenvalue weighted by atomic mass is 32.1. The van der Waals surface area contributed by atoms with E-state index < -0.39 is 17.5 Å². The number of carbonyl (C=O) groups excluding carboxylic acids is 3. The molecule has 4 amide bonds. The topological polar surface area (TPSA) is 78.5 Å². The number of nitrogens with zero attached hydrogens (tertiary/aromatic N) is 1. The highest BCUT2D eigenvalue weighted by Crippen LogP contribution is 2.30. The van der Waals surface area contributed by atoms with E-state index in [2.05, 4.69) is 36.6 Å². The number of benzene rings is 1. The Balaban J connectivity index is 1.61. The van der Waals surface area contributed by atoms with Crippen LogP contribution in [-0.2, 0) is 21.5 Å². The maximum atomic E-state index is 12.8. The van der Waals surface area contributed by atoms with Crippen LogP contribution in [0.4, 0.5) is 4.79 Å². The largest absolute Gasteiger partial charge is 0.348 e. The quantitative estimate of drug-likeness (QED) is 0.681. The Morgan fingerprint density at radius 3 is 2.45 bits per heavy atom. The first-order valence-corrected chi connectivity index (χ1v) is 10.7. The van der Waals surface area contributed by atoms with Crippen LogP contribution in [0.5, 0.6) is 0 Å². The molecule has 29 heavy (non-hydrogen) atoms. The molecule has 1 aromatic heterocycles. The van der Waals surface area contributed by atoms with Crippen LogP contribution >= 0.6 is 11.3 Å². The molecule has 2 heterocycles. The third kappa shape index (κ3) is 4.50. The zero-order chi connectivity index (χ0) is 21.2. The first-order chi connectivity index (χ1) is 13.7. The number of amides is 4. The third-order valence-corrected chi connectivity index (χ3v) is 5.86. The lowest BCUT2D eigenvalue weighted by atomic mass is 9.95. The summed E-state index contributed by atoms with van der Waals surface area (Å²) in [7, 11) is 0. The monoisotopic (exact) mass is 413 g/mol. The number of imide groups is 1. The summed E-state index contributed by atoms with van der Waals surface area (Å²) < 4.78 is 0. The second-order valence-electron chi connectivity index (χ2n) is 8.09. The van der Waals surface area contributed by atoms with E-state index in [0.29, 0.717) is 5.92 Å². The predicted octanol–water partition coefficient (Wildman–Crippen LogP) is 3.59. The summed E-state index contributed by atoms with van der Waals surface area (Å²) in [5.41, 5.74) is 1.83. The van der Waals surface area contributed by atoms with Gasteiger partial charge in [-0.15, -0.1) is 0 Å². The van der Waals surface area contributed by atoms with E-state index in [1.54, 1.807) is 13.0 Å². The minimum atomic E-state index is -1.13. The Bertz CT molecular complexity index is 893. The van der Waals surface area contributed by atoms with Gasteiger partial charge in [-0.1, -0.05) is 38.1 Å². The fourth-order valence-electron chi connectivity index (χ4n) is 3.51. The van der Waals surface area contributed by atoms with E-state index in [9.17, 15) is 14.4 Å². The average molecular weight is 414 g/mol. The number of nitrogens with one attached hydrogen (secondary N) is 2. The Hall–Kier alpha value is -2.67. The van der Waals surface area contributed by atoms with Gasteiger partial charge in [0, 0.05) is 0 Å². The molecule has 2 atom stereocenters. The molecule has 0 aliphatic carbocycles. The maximum Gasteiger partial charge on any atom is 0.325 e. The van der Waals surface area contributed by atoms with Crippen LogP contribution in [0.3, 0.4) is 0 Å². The number of hydrogen-bond donors (Lipinski definition) is 2. The van der Waals surface area contributed by atoms with Gasteiger partial charge in [0.05, 0.1) is 6.04 Å². The van der Waals surface area contributed by atoms with Gasteiger partial charge in [0.15, 0.2) is 0 Å². The van der Waals surface area contributed by atoms with Crippen LogP contribution in [0.25, 0.3) is 0 Å². The molecule has 1 aliphatic heterocycles. The summed E-state index contributed by atoms with van der Waals surface area (Å²) in [4.78, 5) is 38.6. The van der Waals surface area contributed by atoms with Gasteiger partial charge in [-0.25, -0.2) is 4.79 Å². The van der Waals surface area contributed by atoms with Crippen molar-refractivity contribution in [3.05, 3.63) is 57.8 Å². The molecule has 6 nitrogen and oxygen atoms in total. The van der Waals surface area contributed by atoms with E-state index in [4.69, 9.17) is 0 Å². The van der Waals surface area contributed by atoms with Gasteiger partial charge >= 0.3 is 6.03 Å². The molecule has 1 aliphatic rings. The molecular formula is C22H27N3O3S. The summed E-state index contributed by atoms with van der Waals surface area (Å²) >= 11 is 1.45. The van der Waals surface area contributed by atoms with Gasteiger partial charge in [0.2, 0.25) is 5.91 Å². The summed E-state index contributed by atoms with van der Waals surface area (Å²) in [5, 5.41) is 9.26. The van der Waals surface area contributed by atoms with Gasteiger partial charge in [-0.3, -0.25) is 14.5 Å². The summed E-state index contributed by atoms with van der Waals surface area (Å²) in [6, 6.07) is 9.18. The normalized spacial score (nSPS) is 20.1. The van der Waals surface area contributed by atoms with Gasteiger partial charge < -0.3 is 10.6 Å².